The van der Waals surface area contributed by atoms with Gasteiger partial charge in [-0.15, -0.1) is 0 Å². The van der Waals surface area contributed by atoms with Gasteiger partial charge in [-0.2, -0.15) is 0 Å². The van der Waals surface area contributed by atoms with E-state index in [1.807, 2.05) is 0 Å². The third-order valence-electron chi connectivity index (χ3n) is 3.57. The number of benzene rings is 1. The molecule has 1 amide bonds. The Labute approximate surface area is 111 Å². The first-order chi connectivity index (χ1) is 8.99. The molecule has 0 aliphatic heterocycles. The van der Waals surface area contributed by atoms with Gasteiger partial charge in [0, 0.05) is 25.2 Å². The van der Waals surface area contributed by atoms with Crippen LogP contribution in [-0.2, 0) is 0 Å². The Morgan fingerprint density at radius 2 is 2.21 bits per heavy atom. The number of rotatable bonds is 4. The second-order valence-corrected chi connectivity index (χ2v) is 5.01. The number of hydrogen-bond acceptors (Lipinski definition) is 4. The van der Waals surface area contributed by atoms with Gasteiger partial charge >= 0.3 is 0 Å². The van der Waals surface area contributed by atoms with Crippen molar-refractivity contribution >= 4 is 17.3 Å². The van der Waals surface area contributed by atoms with Crippen molar-refractivity contribution in [2.24, 2.45) is 5.92 Å². The van der Waals surface area contributed by atoms with E-state index in [0.717, 1.165) is 6.54 Å². The molecule has 1 saturated carbocycles. The van der Waals surface area contributed by atoms with Crippen molar-refractivity contribution in [2.75, 3.05) is 19.3 Å². The number of nitrogen functional groups attached to an aromatic ring is 1. The van der Waals surface area contributed by atoms with Gasteiger partial charge in [-0.25, -0.2) is 0 Å². The number of nitro benzene ring substituents is 1. The minimum absolute atomic E-state index is 0.0212. The van der Waals surface area contributed by atoms with Gasteiger partial charge in [0.1, 0.15) is 5.69 Å². The summed E-state index contributed by atoms with van der Waals surface area (Å²) in [6, 6.07) is 4.10. The van der Waals surface area contributed by atoms with Gasteiger partial charge in [-0.3, -0.25) is 14.9 Å². The van der Waals surface area contributed by atoms with Gasteiger partial charge in [-0.1, -0.05) is 6.42 Å². The topological polar surface area (TPSA) is 89.5 Å². The molecule has 0 bridgehead atoms. The van der Waals surface area contributed by atoms with Crippen LogP contribution in [0.15, 0.2) is 18.2 Å². The number of amides is 1. The molecule has 1 aliphatic carbocycles. The smallest absolute Gasteiger partial charge is 0.292 e. The van der Waals surface area contributed by atoms with Crippen molar-refractivity contribution < 1.29 is 9.72 Å². The Morgan fingerprint density at radius 1 is 1.53 bits per heavy atom. The number of nitrogens with zero attached hydrogens (tertiary/aromatic N) is 2. The molecule has 0 radical (unpaired) electrons. The van der Waals surface area contributed by atoms with Gasteiger partial charge in [0.25, 0.3) is 11.6 Å². The molecule has 1 aromatic carbocycles. The van der Waals surface area contributed by atoms with E-state index in [-0.39, 0.29) is 17.3 Å². The van der Waals surface area contributed by atoms with Crippen LogP contribution in [-0.4, -0.2) is 29.3 Å². The van der Waals surface area contributed by atoms with Crippen LogP contribution in [0.4, 0.5) is 11.4 Å². The van der Waals surface area contributed by atoms with Crippen molar-refractivity contribution in [1.29, 1.82) is 0 Å². The summed E-state index contributed by atoms with van der Waals surface area (Å²) in [4.78, 5) is 23.9. The summed E-state index contributed by atoms with van der Waals surface area (Å²) in [6.45, 7) is 0.732. The predicted molar refractivity (Wildman–Crippen MR) is 71.8 cm³/mol. The fourth-order valence-corrected chi connectivity index (χ4v) is 2.22. The van der Waals surface area contributed by atoms with E-state index in [4.69, 9.17) is 5.73 Å². The lowest BCUT2D eigenvalue weighted by Gasteiger charge is -2.30. The van der Waals surface area contributed by atoms with Crippen molar-refractivity contribution in [3.63, 3.8) is 0 Å². The summed E-state index contributed by atoms with van der Waals surface area (Å²) >= 11 is 0. The maximum absolute atomic E-state index is 12.2. The summed E-state index contributed by atoms with van der Waals surface area (Å²) in [5.74, 6) is 0.442. The van der Waals surface area contributed by atoms with Crippen LogP contribution in [0.25, 0.3) is 0 Å². The molecule has 6 heteroatoms. The van der Waals surface area contributed by atoms with Gasteiger partial charge in [-0.05, 0) is 30.9 Å². The molecule has 1 aliphatic rings. The molecule has 0 atom stereocenters. The van der Waals surface area contributed by atoms with E-state index in [1.165, 1.54) is 37.5 Å². The van der Waals surface area contributed by atoms with Gasteiger partial charge in [0.2, 0.25) is 0 Å². The fraction of sp³-hybridized carbons (Fsp3) is 0.462. The summed E-state index contributed by atoms with van der Waals surface area (Å²) in [7, 11) is 1.75. The Balaban J connectivity index is 2.10. The van der Waals surface area contributed by atoms with Crippen molar-refractivity contribution in [2.45, 2.75) is 19.3 Å². The maximum atomic E-state index is 12.2. The van der Waals surface area contributed by atoms with E-state index in [9.17, 15) is 14.9 Å². The van der Waals surface area contributed by atoms with Gasteiger partial charge in [0.15, 0.2) is 0 Å². The summed E-state index contributed by atoms with van der Waals surface area (Å²) in [6.07, 6.45) is 3.57. The molecule has 1 fully saturated rings. The number of nitro groups is 1. The lowest BCUT2D eigenvalue weighted by atomic mass is 9.85. The number of carbonyl (C=O) groups excluding carboxylic acids is 1. The van der Waals surface area contributed by atoms with E-state index in [1.54, 1.807) is 11.9 Å². The standard InChI is InChI=1S/C13H17N3O3/c1-15(8-9-3-2-4-9)13(17)10-5-6-12(16(18)19)11(14)7-10/h5-7,9H,2-4,8,14H2,1H3. The van der Waals surface area contributed by atoms with Crippen LogP contribution in [0, 0.1) is 16.0 Å². The van der Waals surface area contributed by atoms with Crippen molar-refractivity contribution in [3.05, 3.63) is 33.9 Å². The van der Waals surface area contributed by atoms with Crippen LogP contribution in [0.5, 0.6) is 0 Å². The molecule has 1 aromatic rings. The third kappa shape index (κ3) is 2.83. The lowest BCUT2D eigenvalue weighted by molar-refractivity contribution is -0.383. The highest BCUT2D eigenvalue weighted by Gasteiger charge is 2.23. The minimum Gasteiger partial charge on any atom is -0.393 e. The highest BCUT2D eigenvalue weighted by Crippen LogP contribution is 2.27. The zero-order valence-corrected chi connectivity index (χ0v) is 10.8. The average molecular weight is 263 g/mol. The maximum Gasteiger partial charge on any atom is 0.292 e. The quantitative estimate of drug-likeness (QED) is 0.511. The van der Waals surface area contributed by atoms with E-state index >= 15 is 0 Å². The van der Waals surface area contributed by atoms with Crippen LogP contribution in [0.1, 0.15) is 29.6 Å². The number of carbonyl (C=O) groups is 1. The molecule has 0 aromatic heterocycles. The SMILES string of the molecule is CN(CC1CCC1)C(=O)c1ccc([N+](=O)[O-])c(N)c1. The van der Waals surface area contributed by atoms with Crippen LogP contribution >= 0.6 is 0 Å². The fourth-order valence-electron chi connectivity index (χ4n) is 2.22. The molecule has 0 unspecified atom stereocenters. The van der Waals surface area contributed by atoms with E-state index < -0.39 is 4.92 Å². The largest absolute Gasteiger partial charge is 0.393 e. The second-order valence-electron chi connectivity index (χ2n) is 5.01. The summed E-state index contributed by atoms with van der Waals surface area (Å²) < 4.78 is 0. The molecular weight excluding hydrogens is 246 g/mol. The van der Waals surface area contributed by atoms with Crippen LogP contribution in [0.2, 0.25) is 0 Å². The normalized spacial score (nSPS) is 14.8. The van der Waals surface area contributed by atoms with Crippen molar-refractivity contribution in [3.8, 4) is 0 Å². The molecule has 102 valence electrons. The molecule has 19 heavy (non-hydrogen) atoms. The predicted octanol–water partition coefficient (Wildman–Crippen LogP) is 2.05. The van der Waals surface area contributed by atoms with Crippen molar-refractivity contribution in [1.82, 2.24) is 4.90 Å². The van der Waals surface area contributed by atoms with Crippen LogP contribution < -0.4 is 5.73 Å². The monoisotopic (exact) mass is 263 g/mol. The second kappa shape index (κ2) is 5.26. The zero-order chi connectivity index (χ0) is 14.0. The van der Waals surface area contributed by atoms with Crippen LogP contribution in [0.3, 0.4) is 0 Å². The third-order valence-corrected chi connectivity index (χ3v) is 3.57. The van der Waals surface area contributed by atoms with Gasteiger partial charge < -0.3 is 10.6 Å². The number of anilines is 1. The molecule has 0 heterocycles. The first kappa shape index (κ1) is 13.3. The number of nitrogens with two attached hydrogens (primary N) is 1. The first-order valence-electron chi connectivity index (χ1n) is 6.28. The lowest BCUT2D eigenvalue weighted by Crippen LogP contribution is -2.34. The van der Waals surface area contributed by atoms with E-state index in [2.05, 4.69) is 0 Å². The summed E-state index contributed by atoms with van der Waals surface area (Å²) in [5.41, 5.74) is 5.83. The highest BCUT2D eigenvalue weighted by molar-refractivity contribution is 5.95. The zero-order valence-electron chi connectivity index (χ0n) is 10.8. The van der Waals surface area contributed by atoms with Gasteiger partial charge in [0.05, 0.1) is 4.92 Å². The summed E-state index contributed by atoms with van der Waals surface area (Å²) in [5, 5.41) is 10.7. The Kier molecular flexibility index (Phi) is 3.69. The highest BCUT2D eigenvalue weighted by atomic mass is 16.6. The minimum atomic E-state index is -0.554. The molecular formula is C13H17N3O3. The molecule has 6 nitrogen and oxygen atoms in total. The molecule has 2 N–H and O–H groups in total. The Morgan fingerprint density at radius 3 is 2.68 bits per heavy atom. The van der Waals surface area contributed by atoms with E-state index in [0.29, 0.717) is 11.5 Å². The first-order valence-corrected chi connectivity index (χ1v) is 6.28. The average Bonchev–Trinajstić information content (AvgIpc) is 2.32. The molecule has 2 rings (SSSR count). The Bertz CT molecular complexity index is 512. The number of hydrogen-bond donors (Lipinski definition) is 1. The Hall–Kier alpha value is -2.11. The molecule has 0 saturated heterocycles. The molecule has 0 spiro atoms.